The molecule has 0 spiro atoms. The van der Waals surface area contributed by atoms with Crippen molar-refractivity contribution >= 4 is 11.6 Å². The lowest BCUT2D eigenvalue weighted by atomic mass is 9.79. The average Bonchev–Trinajstić information content (AvgIpc) is 2.56. The van der Waals surface area contributed by atoms with Gasteiger partial charge in [-0.3, -0.25) is 4.79 Å². The highest BCUT2D eigenvalue weighted by atomic mass is 16.3. The Labute approximate surface area is 166 Å². The minimum Gasteiger partial charge on any atom is -0.507 e. The molecule has 3 N–H and O–H groups in total. The van der Waals surface area contributed by atoms with Gasteiger partial charge in [0.25, 0.3) is 0 Å². The fourth-order valence-corrected chi connectivity index (χ4v) is 3.27. The molecule has 1 amide bonds. The van der Waals surface area contributed by atoms with Gasteiger partial charge in [0.15, 0.2) is 0 Å². The first-order chi connectivity index (χ1) is 12.4. The van der Waals surface area contributed by atoms with Gasteiger partial charge < -0.3 is 15.7 Å². The van der Waals surface area contributed by atoms with E-state index in [-0.39, 0.29) is 16.7 Å². The number of phenolic OH excluding ortho intramolecular Hbond substituents is 1. The van der Waals surface area contributed by atoms with Crippen LogP contribution in [0.5, 0.6) is 5.75 Å². The van der Waals surface area contributed by atoms with Gasteiger partial charge in [-0.05, 0) is 42.3 Å². The molecule has 0 atom stereocenters. The van der Waals surface area contributed by atoms with E-state index >= 15 is 0 Å². The number of rotatable bonds is 8. The van der Waals surface area contributed by atoms with Crippen LogP contribution in [-0.2, 0) is 15.6 Å². The van der Waals surface area contributed by atoms with Crippen molar-refractivity contribution in [2.24, 2.45) is 5.73 Å². The van der Waals surface area contributed by atoms with Gasteiger partial charge in [-0.1, -0.05) is 61.3 Å². The van der Waals surface area contributed by atoms with Gasteiger partial charge in [0, 0.05) is 29.8 Å². The smallest absolute Gasteiger partial charge is 0.226 e. The summed E-state index contributed by atoms with van der Waals surface area (Å²) in [6, 6.07) is 4.00. The number of nitrogens with two attached hydrogens (primary N) is 1. The van der Waals surface area contributed by atoms with Crippen molar-refractivity contribution in [3.63, 3.8) is 0 Å². The molecule has 0 aromatic heterocycles. The molecule has 0 aliphatic carbocycles. The topological polar surface area (TPSA) is 66.6 Å². The molecule has 1 aromatic rings. The summed E-state index contributed by atoms with van der Waals surface area (Å²) in [4.78, 5) is 14.6. The van der Waals surface area contributed by atoms with Crippen molar-refractivity contribution in [2.45, 2.75) is 91.4 Å². The average molecular weight is 377 g/mol. The largest absolute Gasteiger partial charge is 0.507 e. The number of unbranched alkanes of at least 4 members (excludes halogenated alkanes) is 3. The Kier molecular flexibility index (Phi) is 8.34. The Bertz CT molecular complexity index is 589. The number of aromatic hydroxyl groups is 1. The van der Waals surface area contributed by atoms with E-state index in [1.165, 1.54) is 0 Å². The highest BCUT2D eigenvalue weighted by Gasteiger charge is 2.28. The van der Waals surface area contributed by atoms with E-state index in [1.54, 1.807) is 0 Å². The second-order valence-electron chi connectivity index (χ2n) is 9.49. The number of anilines is 1. The normalized spacial score (nSPS) is 12.3. The summed E-state index contributed by atoms with van der Waals surface area (Å²) in [5.74, 6) is 0.477. The van der Waals surface area contributed by atoms with Crippen LogP contribution in [0.2, 0.25) is 0 Å². The molecular weight excluding hydrogens is 336 g/mol. The summed E-state index contributed by atoms with van der Waals surface area (Å²) in [6.45, 7) is 15.9. The molecule has 0 fully saturated rings. The lowest BCUT2D eigenvalue weighted by molar-refractivity contribution is -0.118. The first-order valence-electron chi connectivity index (χ1n) is 10.3. The van der Waals surface area contributed by atoms with E-state index in [1.807, 2.05) is 24.0 Å². The molecule has 0 radical (unpaired) electrons. The zero-order valence-electron chi connectivity index (χ0n) is 18.5. The van der Waals surface area contributed by atoms with Crippen LogP contribution in [0.15, 0.2) is 12.1 Å². The molecule has 1 rings (SSSR count). The molecule has 0 saturated heterocycles. The molecule has 0 heterocycles. The van der Waals surface area contributed by atoms with E-state index in [9.17, 15) is 9.90 Å². The molecule has 0 aliphatic heterocycles. The molecule has 4 nitrogen and oxygen atoms in total. The Morgan fingerprint density at radius 3 is 1.85 bits per heavy atom. The SMILES string of the molecule is CCC(=O)N(CCCCCCN)c1cc(C(C)(C)C)c(O)c(C(C)(C)C)c1. The quantitative estimate of drug-likeness (QED) is 0.609. The van der Waals surface area contributed by atoms with Crippen LogP contribution in [0.1, 0.15) is 91.7 Å². The maximum Gasteiger partial charge on any atom is 0.226 e. The molecule has 4 heteroatoms. The van der Waals surface area contributed by atoms with Gasteiger partial charge in [0.2, 0.25) is 5.91 Å². The summed E-state index contributed by atoms with van der Waals surface area (Å²) in [6.07, 6.45) is 4.63. The maximum absolute atomic E-state index is 12.7. The van der Waals surface area contributed by atoms with Crippen LogP contribution in [0.25, 0.3) is 0 Å². The molecule has 0 bridgehead atoms. The van der Waals surface area contributed by atoms with E-state index in [0.717, 1.165) is 49.0 Å². The Morgan fingerprint density at radius 2 is 1.44 bits per heavy atom. The Hall–Kier alpha value is -1.55. The van der Waals surface area contributed by atoms with Crippen LogP contribution in [0, 0.1) is 0 Å². The van der Waals surface area contributed by atoms with Gasteiger partial charge in [0.05, 0.1) is 0 Å². The number of hydrogen-bond donors (Lipinski definition) is 2. The van der Waals surface area contributed by atoms with Crippen molar-refractivity contribution in [2.75, 3.05) is 18.0 Å². The molecule has 27 heavy (non-hydrogen) atoms. The fourth-order valence-electron chi connectivity index (χ4n) is 3.27. The summed E-state index contributed by atoms with van der Waals surface area (Å²) < 4.78 is 0. The van der Waals surface area contributed by atoms with E-state index in [4.69, 9.17) is 5.73 Å². The number of amides is 1. The minimum absolute atomic E-state index is 0.124. The monoisotopic (exact) mass is 376 g/mol. The van der Waals surface area contributed by atoms with Crippen molar-refractivity contribution < 1.29 is 9.90 Å². The minimum atomic E-state index is -0.206. The van der Waals surface area contributed by atoms with Gasteiger partial charge in [-0.2, -0.15) is 0 Å². The zero-order valence-corrected chi connectivity index (χ0v) is 18.5. The third kappa shape index (κ3) is 6.53. The maximum atomic E-state index is 12.7. The highest BCUT2D eigenvalue weighted by molar-refractivity contribution is 5.93. The fraction of sp³-hybridized carbons (Fsp3) is 0.696. The van der Waals surface area contributed by atoms with Crippen molar-refractivity contribution in [1.29, 1.82) is 0 Å². The Morgan fingerprint density at radius 1 is 0.963 bits per heavy atom. The number of benzene rings is 1. The van der Waals surface area contributed by atoms with Crippen molar-refractivity contribution in [1.82, 2.24) is 0 Å². The number of nitrogens with zero attached hydrogens (tertiary/aromatic N) is 1. The molecule has 0 aliphatic rings. The second kappa shape index (κ2) is 9.59. The van der Waals surface area contributed by atoms with Crippen molar-refractivity contribution in [3.8, 4) is 5.75 Å². The van der Waals surface area contributed by atoms with Crippen LogP contribution in [0.3, 0.4) is 0 Å². The zero-order chi connectivity index (χ0) is 20.8. The molecule has 154 valence electrons. The van der Waals surface area contributed by atoms with Gasteiger partial charge in [-0.15, -0.1) is 0 Å². The van der Waals surface area contributed by atoms with Crippen LogP contribution in [-0.4, -0.2) is 24.1 Å². The van der Waals surface area contributed by atoms with Gasteiger partial charge in [0.1, 0.15) is 5.75 Å². The predicted octanol–water partition coefficient (Wildman–Crippen LogP) is 5.25. The predicted molar refractivity (Wildman–Crippen MR) is 116 cm³/mol. The van der Waals surface area contributed by atoms with Gasteiger partial charge in [-0.25, -0.2) is 0 Å². The summed E-state index contributed by atoms with van der Waals surface area (Å²) in [5, 5.41) is 10.9. The summed E-state index contributed by atoms with van der Waals surface area (Å²) in [5.41, 5.74) is 7.84. The van der Waals surface area contributed by atoms with Crippen LogP contribution >= 0.6 is 0 Å². The van der Waals surface area contributed by atoms with Crippen LogP contribution in [0.4, 0.5) is 5.69 Å². The first kappa shape index (κ1) is 23.5. The second-order valence-corrected chi connectivity index (χ2v) is 9.49. The highest BCUT2D eigenvalue weighted by Crippen LogP contribution is 2.42. The lowest BCUT2D eigenvalue weighted by Crippen LogP contribution is -2.32. The lowest BCUT2D eigenvalue weighted by Gasteiger charge is -2.31. The van der Waals surface area contributed by atoms with E-state index < -0.39 is 0 Å². The molecule has 1 aromatic carbocycles. The van der Waals surface area contributed by atoms with E-state index in [2.05, 4.69) is 41.5 Å². The Balaban J connectivity index is 3.33. The first-order valence-corrected chi connectivity index (χ1v) is 10.3. The number of hydrogen-bond acceptors (Lipinski definition) is 3. The third-order valence-corrected chi connectivity index (χ3v) is 4.96. The van der Waals surface area contributed by atoms with Crippen molar-refractivity contribution in [3.05, 3.63) is 23.3 Å². The number of carbonyl (C=O) groups is 1. The van der Waals surface area contributed by atoms with E-state index in [0.29, 0.717) is 18.7 Å². The summed E-state index contributed by atoms with van der Waals surface area (Å²) >= 11 is 0. The number of phenols is 1. The summed E-state index contributed by atoms with van der Waals surface area (Å²) in [7, 11) is 0. The number of carbonyl (C=O) groups excluding carboxylic acids is 1. The standard InChI is InChI=1S/C23H40N2O2/c1-8-20(26)25(14-12-10-9-11-13-24)17-15-18(22(2,3)4)21(27)19(16-17)23(5,6)7/h15-16,27H,8-14,24H2,1-7H3. The molecular formula is C23H40N2O2. The third-order valence-electron chi connectivity index (χ3n) is 4.96. The molecule has 0 saturated carbocycles. The van der Waals surface area contributed by atoms with Crippen LogP contribution < -0.4 is 10.6 Å². The van der Waals surface area contributed by atoms with Gasteiger partial charge >= 0.3 is 0 Å². The molecule has 0 unspecified atom stereocenters.